The van der Waals surface area contributed by atoms with Gasteiger partial charge in [0, 0.05) is 24.5 Å². The van der Waals surface area contributed by atoms with Gasteiger partial charge in [0.25, 0.3) is 0 Å². The fourth-order valence-corrected chi connectivity index (χ4v) is 7.01. The standard InChI is InChI=1S/C26H39NO3/c1-16(28)27-22-10-9-20-19-8-7-17-15-18(30-23(29)24(2,3)4)11-13-25(17,5)21(19)12-14-26(20,22)6/h7,10,18-21H,8-9,11-15H2,1-6H3,(H,27,28). The molecule has 4 heteroatoms. The summed E-state index contributed by atoms with van der Waals surface area (Å²) in [5.41, 5.74) is 2.58. The molecule has 4 aliphatic rings. The molecule has 6 atom stereocenters. The second-order valence-electron chi connectivity index (χ2n) is 11.8. The van der Waals surface area contributed by atoms with E-state index in [4.69, 9.17) is 4.74 Å². The van der Waals surface area contributed by atoms with E-state index in [0.717, 1.165) is 44.2 Å². The summed E-state index contributed by atoms with van der Waals surface area (Å²) in [6, 6.07) is 0. The van der Waals surface area contributed by atoms with E-state index < -0.39 is 5.41 Å². The fourth-order valence-electron chi connectivity index (χ4n) is 7.01. The average molecular weight is 414 g/mol. The number of allylic oxidation sites excluding steroid dienone is 3. The van der Waals surface area contributed by atoms with Crippen molar-refractivity contribution in [1.82, 2.24) is 5.32 Å². The van der Waals surface area contributed by atoms with Gasteiger partial charge in [-0.1, -0.05) is 31.6 Å². The van der Waals surface area contributed by atoms with Gasteiger partial charge in [0.05, 0.1) is 5.41 Å². The first-order valence-corrected chi connectivity index (χ1v) is 11.8. The number of nitrogens with one attached hydrogen (secondary N) is 1. The molecule has 0 heterocycles. The van der Waals surface area contributed by atoms with Crippen LogP contribution in [0, 0.1) is 34.0 Å². The molecule has 0 spiro atoms. The van der Waals surface area contributed by atoms with Crippen molar-refractivity contribution in [2.45, 2.75) is 92.6 Å². The van der Waals surface area contributed by atoms with Gasteiger partial charge in [-0.15, -0.1) is 0 Å². The quantitative estimate of drug-likeness (QED) is 0.478. The molecular formula is C26H39NO3. The van der Waals surface area contributed by atoms with E-state index >= 15 is 0 Å². The molecule has 0 saturated heterocycles. The normalized spacial score (nSPS) is 40.3. The molecule has 0 aliphatic heterocycles. The van der Waals surface area contributed by atoms with Gasteiger partial charge in [0.15, 0.2) is 0 Å². The molecule has 4 aliphatic carbocycles. The lowest BCUT2D eigenvalue weighted by Gasteiger charge is -2.57. The van der Waals surface area contributed by atoms with Crippen LogP contribution in [0.15, 0.2) is 23.4 Å². The van der Waals surface area contributed by atoms with Gasteiger partial charge in [0.2, 0.25) is 5.91 Å². The molecule has 0 bridgehead atoms. The first-order chi connectivity index (χ1) is 13.9. The first kappa shape index (κ1) is 21.6. The molecule has 1 N–H and O–H groups in total. The van der Waals surface area contributed by atoms with Crippen LogP contribution in [0.4, 0.5) is 0 Å². The Morgan fingerprint density at radius 1 is 1.03 bits per heavy atom. The van der Waals surface area contributed by atoms with Crippen LogP contribution in [-0.2, 0) is 14.3 Å². The molecule has 0 radical (unpaired) electrons. The zero-order valence-electron chi connectivity index (χ0n) is 19.6. The predicted molar refractivity (Wildman–Crippen MR) is 118 cm³/mol. The van der Waals surface area contributed by atoms with Crippen molar-refractivity contribution < 1.29 is 14.3 Å². The lowest BCUT2D eigenvalue weighted by molar-refractivity contribution is -0.160. The number of rotatable bonds is 2. The molecule has 6 unspecified atom stereocenters. The van der Waals surface area contributed by atoms with Gasteiger partial charge < -0.3 is 10.1 Å². The third-order valence-electron chi connectivity index (χ3n) is 8.84. The molecule has 4 rings (SSSR count). The molecule has 0 aromatic rings. The summed E-state index contributed by atoms with van der Waals surface area (Å²) in [5.74, 6) is 1.95. The Bertz CT molecular complexity index is 804. The highest BCUT2D eigenvalue weighted by molar-refractivity contribution is 5.76. The number of fused-ring (bicyclic) bond motifs is 5. The average Bonchev–Trinajstić information content (AvgIpc) is 2.97. The SMILES string of the molecule is CC(=O)NC1=CCC2C3CC=C4CC(OC(=O)C(C)(C)C)CCC4(C)C3CCC12C. The van der Waals surface area contributed by atoms with Crippen LogP contribution in [0.2, 0.25) is 0 Å². The van der Waals surface area contributed by atoms with E-state index in [0.29, 0.717) is 17.8 Å². The Morgan fingerprint density at radius 2 is 1.73 bits per heavy atom. The Balaban J connectivity index is 1.51. The van der Waals surface area contributed by atoms with Crippen LogP contribution in [0.25, 0.3) is 0 Å². The Hall–Kier alpha value is -1.58. The molecule has 1 amide bonds. The summed E-state index contributed by atoms with van der Waals surface area (Å²) >= 11 is 0. The molecule has 2 fully saturated rings. The summed E-state index contributed by atoms with van der Waals surface area (Å²) < 4.78 is 5.89. The van der Waals surface area contributed by atoms with Crippen molar-refractivity contribution in [3.63, 3.8) is 0 Å². The van der Waals surface area contributed by atoms with Crippen LogP contribution in [0.5, 0.6) is 0 Å². The van der Waals surface area contributed by atoms with E-state index in [1.807, 2.05) is 20.8 Å². The van der Waals surface area contributed by atoms with E-state index in [2.05, 4.69) is 31.3 Å². The molecular weight excluding hydrogens is 374 g/mol. The summed E-state index contributed by atoms with van der Waals surface area (Å²) in [7, 11) is 0. The molecule has 30 heavy (non-hydrogen) atoms. The smallest absolute Gasteiger partial charge is 0.311 e. The number of carbonyl (C=O) groups excluding carboxylic acids is 2. The highest BCUT2D eigenvalue weighted by Gasteiger charge is 2.57. The number of ether oxygens (including phenoxy) is 1. The first-order valence-electron chi connectivity index (χ1n) is 11.8. The topological polar surface area (TPSA) is 55.4 Å². The molecule has 166 valence electrons. The highest BCUT2D eigenvalue weighted by Crippen LogP contribution is 2.64. The van der Waals surface area contributed by atoms with Crippen molar-refractivity contribution in [2.75, 3.05) is 0 Å². The third kappa shape index (κ3) is 3.44. The molecule has 0 aromatic heterocycles. The Kier molecular flexibility index (Phi) is 5.22. The number of amides is 1. The summed E-state index contributed by atoms with van der Waals surface area (Å²) in [6.45, 7) is 12.2. The van der Waals surface area contributed by atoms with Gasteiger partial charge in [-0.25, -0.2) is 0 Å². The van der Waals surface area contributed by atoms with Crippen molar-refractivity contribution in [1.29, 1.82) is 0 Å². The van der Waals surface area contributed by atoms with Crippen molar-refractivity contribution >= 4 is 11.9 Å². The van der Waals surface area contributed by atoms with Crippen LogP contribution in [0.1, 0.15) is 86.5 Å². The maximum absolute atomic E-state index is 12.4. The van der Waals surface area contributed by atoms with E-state index in [1.165, 1.54) is 12.0 Å². The number of hydrogen-bond acceptors (Lipinski definition) is 3. The van der Waals surface area contributed by atoms with Crippen molar-refractivity contribution in [2.24, 2.45) is 34.0 Å². The lowest BCUT2D eigenvalue weighted by Crippen LogP contribution is -2.51. The van der Waals surface area contributed by atoms with Crippen LogP contribution >= 0.6 is 0 Å². The molecule has 4 nitrogen and oxygen atoms in total. The van der Waals surface area contributed by atoms with Gasteiger partial charge in [-0.05, 0) is 82.5 Å². The minimum Gasteiger partial charge on any atom is -0.462 e. The summed E-state index contributed by atoms with van der Waals surface area (Å²) in [5, 5.41) is 3.14. The summed E-state index contributed by atoms with van der Waals surface area (Å²) in [6.07, 6.45) is 12.4. The second-order valence-corrected chi connectivity index (χ2v) is 11.8. The maximum Gasteiger partial charge on any atom is 0.311 e. The van der Waals surface area contributed by atoms with E-state index in [-0.39, 0.29) is 28.8 Å². The molecule has 0 aromatic carbocycles. The minimum absolute atomic E-state index is 0.0287. The third-order valence-corrected chi connectivity index (χ3v) is 8.84. The highest BCUT2D eigenvalue weighted by atomic mass is 16.5. The van der Waals surface area contributed by atoms with Crippen LogP contribution in [0.3, 0.4) is 0 Å². The monoisotopic (exact) mass is 413 g/mol. The Labute approximate surface area is 181 Å². The zero-order chi connectivity index (χ0) is 21.9. The van der Waals surface area contributed by atoms with Gasteiger partial charge >= 0.3 is 5.97 Å². The summed E-state index contributed by atoms with van der Waals surface area (Å²) in [4.78, 5) is 24.1. The predicted octanol–water partition coefficient (Wildman–Crippen LogP) is 5.54. The van der Waals surface area contributed by atoms with Gasteiger partial charge in [-0.2, -0.15) is 0 Å². The Morgan fingerprint density at radius 3 is 2.40 bits per heavy atom. The van der Waals surface area contributed by atoms with Crippen LogP contribution < -0.4 is 5.32 Å². The zero-order valence-corrected chi connectivity index (χ0v) is 19.6. The van der Waals surface area contributed by atoms with Gasteiger partial charge in [0.1, 0.15) is 6.10 Å². The lowest BCUT2D eigenvalue weighted by atomic mass is 9.48. The minimum atomic E-state index is -0.443. The fraction of sp³-hybridized carbons (Fsp3) is 0.769. The number of esters is 1. The second kappa shape index (κ2) is 7.24. The number of hydrogen-bond donors (Lipinski definition) is 1. The van der Waals surface area contributed by atoms with Crippen molar-refractivity contribution in [3.8, 4) is 0 Å². The molecule has 2 saturated carbocycles. The van der Waals surface area contributed by atoms with E-state index in [9.17, 15) is 9.59 Å². The van der Waals surface area contributed by atoms with Crippen molar-refractivity contribution in [3.05, 3.63) is 23.4 Å². The largest absolute Gasteiger partial charge is 0.462 e. The number of carbonyl (C=O) groups is 2. The van der Waals surface area contributed by atoms with E-state index in [1.54, 1.807) is 6.92 Å². The van der Waals surface area contributed by atoms with Gasteiger partial charge in [-0.3, -0.25) is 9.59 Å². The van der Waals surface area contributed by atoms with Crippen LogP contribution in [-0.4, -0.2) is 18.0 Å². The maximum atomic E-state index is 12.4.